The number of hydrogen-bond acceptors (Lipinski definition) is 8. The molecule has 0 aliphatic carbocycles. The molecule has 0 fully saturated rings. The van der Waals surface area contributed by atoms with Crippen LogP contribution in [0.25, 0.3) is 11.6 Å². The molecule has 12 heteroatoms. The van der Waals surface area contributed by atoms with Crippen LogP contribution in [0.4, 0.5) is 28.9 Å². The van der Waals surface area contributed by atoms with Gasteiger partial charge in [0.2, 0.25) is 0 Å². The summed E-state index contributed by atoms with van der Waals surface area (Å²) in [6, 6.07) is 13.7. The number of rotatable bonds is 10. The molecule has 0 atom stereocenters. The molecule has 206 valence electrons. The molecule has 3 aromatic rings. The third-order valence-corrected chi connectivity index (χ3v) is 5.09. The van der Waals surface area contributed by atoms with Gasteiger partial charge >= 0.3 is 24.5 Å². The van der Waals surface area contributed by atoms with Crippen LogP contribution in [-0.4, -0.2) is 38.2 Å². The summed E-state index contributed by atoms with van der Waals surface area (Å²) in [7, 11) is 1.09. The van der Waals surface area contributed by atoms with Crippen molar-refractivity contribution < 1.29 is 46.1 Å². The number of hydrogen-bond donors (Lipinski definition) is 2. The highest BCUT2D eigenvalue weighted by Crippen LogP contribution is 2.35. The fourth-order valence-corrected chi connectivity index (χ4v) is 3.34. The van der Waals surface area contributed by atoms with E-state index in [-0.39, 0.29) is 29.2 Å². The van der Waals surface area contributed by atoms with Crippen LogP contribution in [0.5, 0.6) is 17.2 Å². The van der Waals surface area contributed by atoms with Crippen LogP contribution in [-0.2, 0) is 9.53 Å². The highest BCUT2D eigenvalue weighted by atomic mass is 19.3. The van der Waals surface area contributed by atoms with Gasteiger partial charge < -0.3 is 30.4 Å². The van der Waals surface area contributed by atoms with Crippen LogP contribution in [0.3, 0.4) is 0 Å². The summed E-state index contributed by atoms with van der Waals surface area (Å²) in [4.78, 5) is 25.2. The van der Waals surface area contributed by atoms with Crippen molar-refractivity contribution in [1.29, 1.82) is 0 Å². The number of esters is 2. The van der Waals surface area contributed by atoms with Gasteiger partial charge in [-0.3, -0.25) is 0 Å². The molecule has 3 rings (SSSR count). The molecule has 0 heterocycles. The summed E-state index contributed by atoms with van der Waals surface area (Å²) in [6.45, 7) is 1.82. The van der Waals surface area contributed by atoms with Crippen molar-refractivity contribution in [2.75, 3.05) is 25.2 Å². The first kappa shape index (κ1) is 28.8. The zero-order valence-corrected chi connectivity index (χ0v) is 20.8. The van der Waals surface area contributed by atoms with E-state index in [1.165, 1.54) is 12.1 Å². The van der Waals surface area contributed by atoms with Crippen molar-refractivity contribution in [1.82, 2.24) is 0 Å². The normalized spacial score (nSPS) is 11.7. The molecule has 0 amide bonds. The topological polar surface area (TPSA) is 123 Å². The molecule has 39 heavy (non-hydrogen) atoms. The highest BCUT2D eigenvalue weighted by molar-refractivity contribution is 6.22. The van der Waals surface area contributed by atoms with E-state index in [4.69, 9.17) is 25.7 Å². The molecule has 0 saturated heterocycles. The second kappa shape index (κ2) is 12.2. The quantitative estimate of drug-likeness (QED) is 0.0860. The van der Waals surface area contributed by atoms with E-state index < -0.39 is 30.2 Å². The molecule has 0 saturated carbocycles. The van der Waals surface area contributed by atoms with Crippen LogP contribution < -0.4 is 25.7 Å². The number of nitrogen functional groups attached to an aromatic ring is 2. The van der Waals surface area contributed by atoms with Crippen molar-refractivity contribution in [2.24, 2.45) is 0 Å². The largest absolute Gasteiger partial charge is 0.493 e. The monoisotopic (exact) mass is 548 g/mol. The van der Waals surface area contributed by atoms with E-state index in [0.717, 1.165) is 25.3 Å². The lowest BCUT2D eigenvalue weighted by Crippen LogP contribution is -2.33. The molecule has 0 spiro atoms. The Morgan fingerprint density at radius 1 is 0.923 bits per heavy atom. The number of carbonyl (C=O) groups is 2. The Balaban J connectivity index is 1.81. The number of halogens is 4. The zero-order valence-electron chi connectivity index (χ0n) is 20.8. The molecule has 0 radical (unpaired) electrons. The maximum absolute atomic E-state index is 13.3. The average molecular weight is 548 g/mol. The van der Waals surface area contributed by atoms with Crippen LogP contribution >= 0.6 is 0 Å². The number of ether oxygens (including phenoxy) is 4. The van der Waals surface area contributed by atoms with Gasteiger partial charge in [0.15, 0.2) is 11.5 Å². The fourth-order valence-electron chi connectivity index (χ4n) is 3.34. The van der Waals surface area contributed by atoms with Gasteiger partial charge in [-0.25, -0.2) is 9.59 Å². The first-order chi connectivity index (χ1) is 18.4. The van der Waals surface area contributed by atoms with Crippen LogP contribution in [0.2, 0.25) is 0 Å². The Hall–Kier alpha value is -4.74. The minimum absolute atomic E-state index is 0.117. The summed E-state index contributed by atoms with van der Waals surface area (Å²) in [5.41, 5.74) is 13.5. The van der Waals surface area contributed by atoms with Crippen molar-refractivity contribution >= 4 is 35.0 Å². The van der Waals surface area contributed by atoms with Gasteiger partial charge in [-0.05, 0) is 72.7 Å². The third kappa shape index (κ3) is 7.40. The van der Waals surface area contributed by atoms with Crippen molar-refractivity contribution in [3.63, 3.8) is 0 Å². The minimum Gasteiger partial charge on any atom is -0.493 e. The van der Waals surface area contributed by atoms with Crippen molar-refractivity contribution in [3.05, 3.63) is 77.4 Å². The molecule has 0 aliphatic heterocycles. The first-order valence-corrected chi connectivity index (χ1v) is 11.3. The summed E-state index contributed by atoms with van der Waals surface area (Å²) in [5, 5.41) is 0. The van der Waals surface area contributed by atoms with E-state index in [1.807, 2.05) is 0 Å². The van der Waals surface area contributed by atoms with E-state index in [9.17, 15) is 27.2 Å². The van der Waals surface area contributed by atoms with E-state index in [0.29, 0.717) is 22.5 Å². The Bertz CT molecular complexity index is 1360. The molecule has 0 bridgehead atoms. The summed E-state index contributed by atoms with van der Waals surface area (Å²) >= 11 is 0. The third-order valence-electron chi connectivity index (χ3n) is 5.09. The maximum Gasteiger partial charge on any atom is 0.461 e. The number of carbonyl (C=O) groups excluding carboxylic acids is 2. The Morgan fingerprint density at radius 3 is 2.13 bits per heavy atom. The SMILES string of the molecule is CCOC(=O)C(=Cc1ccc(OC(=O)c2ccc(OC(F)(F)C(F)F)c(OC)c2)cc1)c1cc(N)cc(N)c1. The first-order valence-electron chi connectivity index (χ1n) is 11.3. The predicted octanol–water partition coefficient (Wildman–Crippen LogP) is 5.42. The minimum atomic E-state index is -4.75. The van der Waals surface area contributed by atoms with Crippen LogP contribution in [0, 0.1) is 0 Å². The molecule has 0 aliphatic rings. The predicted molar refractivity (Wildman–Crippen MR) is 136 cm³/mol. The summed E-state index contributed by atoms with van der Waals surface area (Å²) < 4.78 is 70.8. The maximum atomic E-state index is 13.3. The van der Waals surface area contributed by atoms with Crippen molar-refractivity contribution in [3.8, 4) is 17.2 Å². The van der Waals surface area contributed by atoms with Gasteiger partial charge in [0.05, 0.1) is 24.9 Å². The van der Waals surface area contributed by atoms with Crippen LogP contribution in [0.1, 0.15) is 28.4 Å². The highest BCUT2D eigenvalue weighted by Gasteiger charge is 2.44. The van der Waals surface area contributed by atoms with Gasteiger partial charge in [0, 0.05) is 11.4 Å². The number of alkyl halides is 4. The van der Waals surface area contributed by atoms with E-state index in [1.54, 1.807) is 43.3 Å². The van der Waals surface area contributed by atoms with Crippen molar-refractivity contribution in [2.45, 2.75) is 19.5 Å². The molecule has 8 nitrogen and oxygen atoms in total. The van der Waals surface area contributed by atoms with E-state index >= 15 is 0 Å². The Kier molecular flexibility index (Phi) is 9.02. The molecular formula is C27H24F4N2O6. The number of benzene rings is 3. The Labute approximate surface area is 220 Å². The summed E-state index contributed by atoms with van der Waals surface area (Å²) in [6.07, 6.45) is -7.27. The van der Waals surface area contributed by atoms with Gasteiger partial charge in [-0.15, -0.1) is 0 Å². The Morgan fingerprint density at radius 2 is 1.56 bits per heavy atom. The van der Waals surface area contributed by atoms with Gasteiger partial charge in [0.25, 0.3) is 0 Å². The molecular weight excluding hydrogens is 524 g/mol. The number of anilines is 2. The van der Waals surface area contributed by atoms with Gasteiger partial charge in [-0.2, -0.15) is 17.6 Å². The second-order valence-corrected chi connectivity index (χ2v) is 7.96. The molecule has 3 aromatic carbocycles. The fraction of sp³-hybridized carbons (Fsp3) is 0.185. The second-order valence-electron chi connectivity index (χ2n) is 7.96. The molecule has 0 aromatic heterocycles. The average Bonchev–Trinajstić information content (AvgIpc) is 2.87. The lowest BCUT2D eigenvalue weighted by Gasteiger charge is -2.18. The lowest BCUT2D eigenvalue weighted by molar-refractivity contribution is -0.253. The van der Waals surface area contributed by atoms with Crippen LogP contribution in [0.15, 0.2) is 60.7 Å². The molecule has 4 N–H and O–H groups in total. The number of methoxy groups -OCH3 is 1. The summed E-state index contributed by atoms with van der Waals surface area (Å²) in [5.74, 6) is -2.42. The standard InChI is InChI=1S/C27H24F4N2O6/c1-3-37-25(35)21(17-11-18(32)14-19(33)12-17)10-15-4-7-20(8-5-15)38-24(34)16-6-9-22(23(13-16)36-2)39-27(30,31)26(28)29/h4-14,26H,3,32-33H2,1-2H3. The smallest absolute Gasteiger partial charge is 0.461 e. The zero-order chi connectivity index (χ0) is 28.7. The van der Waals surface area contributed by atoms with E-state index in [2.05, 4.69) is 4.74 Å². The van der Waals surface area contributed by atoms with Gasteiger partial charge in [-0.1, -0.05) is 12.1 Å². The molecule has 0 unspecified atom stereocenters. The number of nitrogens with two attached hydrogens (primary N) is 2. The lowest BCUT2D eigenvalue weighted by atomic mass is 10.0. The van der Waals surface area contributed by atoms with Gasteiger partial charge in [0.1, 0.15) is 5.75 Å².